The molecule has 1 aromatic carbocycles. The van der Waals surface area contributed by atoms with Crippen molar-refractivity contribution < 1.29 is 22.7 Å². The molecule has 1 atom stereocenters. The third-order valence-electron chi connectivity index (χ3n) is 4.48. The summed E-state index contributed by atoms with van der Waals surface area (Å²) >= 11 is 0. The molecule has 1 saturated heterocycles. The van der Waals surface area contributed by atoms with E-state index in [9.17, 15) is 18.0 Å². The number of hydrogen-bond donors (Lipinski definition) is 0. The molecule has 0 bridgehead atoms. The minimum atomic E-state index is -3.07. The van der Waals surface area contributed by atoms with Crippen LogP contribution in [0, 0.1) is 0 Å². The van der Waals surface area contributed by atoms with Crippen LogP contribution >= 0.6 is 0 Å². The summed E-state index contributed by atoms with van der Waals surface area (Å²) in [4.78, 5) is 25.9. The summed E-state index contributed by atoms with van der Waals surface area (Å²) in [6.45, 7) is 3.09. The minimum Gasteiger partial charge on any atom is -0.455 e. The average molecular weight is 353 g/mol. The van der Waals surface area contributed by atoms with Crippen molar-refractivity contribution in [3.05, 3.63) is 35.9 Å². The van der Waals surface area contributed by atoms with Crippen molar-refractivity contribution in [1.82, 2.24) is 4.90 Å². The molecular formula is C17H23NO5S. The van der Waals surface area contributed by atoms with Crippen molar-refractivity contribution in [3.8, 4) is 0 Å². The van der Waals surface area contributed by atoms with Gasteiger partial charge in [0.25, 0.3) is 5.91 Å². The Kier molecular flexibility index (Phi) is 5.32. The maximum atomic E-state index is 12.3. The number of sulfone groups is 1. The van der Waals surface area contributed by atoms with Crippen LogP contribution in [0.15, 0.2) is 30.3 Å². The van der Waals surface area contributed by atoms with E-state index in [0.29, 0.717) is 6.42 Å². The van der Waals surface area contributed by atoms with Crippen LogP contribution in [0.25, 0.3) is 0 Å². The molecule has 1 heterocycles. The molecule has 24 heavy (non-hydrogen) atoms. The zero-order chi connectivity index (χ0) is 18.0. The van der Waals surface area contributed by atoms with E-state index in [-0.39, 0.29) is 24.2 Å². The fourth-order valence-corrected chi connectivity index (χ4v) is 4.44. The first-order valence-electron chi connectivity index (χ1n) is 7.82. The summed E-state index contributed by atoms with van der Waals surface area (Å²) < 4.78 is 28.2. The van der Waals surface area contributed by atoms with Gasteiger partial charge in [-0.1, -0.05) is 30.3 Å². The van der Waals surface area contributed by atoms with Gasteiger partial charge in [0.05, 0.1) is 16.9 Å². The van der Waals surface area contributed by atoms with Crippen LogP contribution in [-0.2, 0) is 29.6 Å². The molecule has 1 aliphatic heterocycles. The minimum absolute atomic E-state index is 0.0291. The van der Waals surface area contributed by atoms with Gasteiger partial charge in [-0.3, -0.25) is 9.59 Å². The van der Waals surface area contributed by atoms with Gasteiger partial charge in [0.1, 0.15) is 0 Å². The predicted octanol–water partition coefficient (Wildman–Crippen LogP) is 1.15. The maximum absolute atomic E-state index is 12.3. The monoisotopic (exact) mass is 353 g/mol. The van der Waals surface area contributed by atoms with Crippen LogP contribution < -0.4 is 0 Å². The van der Waals surface area contributed by atoms with E-state index in [4.69, 9.17) is 4.74 Å². The van der Waals surface area contributed by atoms with Gasteiger partial charge in [0.2, 0.25) is 0 Å². The molecule has 2 rings (SSSR count). The number of likely N-dealkylation sites (N-methyl/N-ethyl adjacent to an activating group) is 1. The Morgan fingerprint density at radius 2 is 1.88 bits per heavy atom. The first-order chi connectivity index (χ1) is 11.1. The number of amides is 1. The molecular weight excluding hydrogens is 330 g/mol. The van der Waals surface area contributed by atoms with E-state index in [1.54, 1.807) is 20.9 Å². The molecule has 1 aromatic rings. The molecule has 0 N–H and O–H groups in total. The lowest BCUT2D eigenvalue weighted by molar-refractivity contribution is -0.156. The SMILES string of the molecule is CN(C(=O)COC(=O)C(C)(C)c1ccccc1)[C@H]1CCS(=O)(=O)C1. The predicted molar refractivity (Wildman–Crippen MR) is 90.3 cm³/mol. The van der Waals surface area contributed by atoms with Crippen LogP contribution in [0.1, 0.15) is 25.8 Å². The van der Waals surface area contributed by atoms with E-state index in [2.05, 4.69) is 0 Å². The Morgan fingerprint density at radius 3 is 2.42 bits per heavy atom. The Labute approximate surface area is 142 Å². The Balaban J connectivity index is 1.93. The number of nitrogens with zero attached hydrogens (tertiary/aromatic N) is 1. The molecule has 7 heteroatoms. The summed E-state index contributed by atoms with van der Waals surface area (Å²) in [5.74, 6) is -0.821. The van der Waals surface area contributed by atoms with Gasteiger partial charge in [-0.2, -0.15) is 0 Å². The Hall–Kier alpha value is -1.89. The first-order valence-corrected chi connectivity index (χ1v) is 9.64. The fraction of sp³-hybridized carbons (Fsp3) is 0.529. The smallest absolute Gasteiger partial charge is 0.316 e. The van der Waals surface area contributed by atoms with Crippen LogP contribution in [0.3, 0.4) is 0 Å². The molecule has 0 aliphatic carbocycles. The maximum Gasteiger partial charge on any atom is 0.316 e. The quantitative estimate of drug-likeness (QED) is 0.742. The highest BCUT2D eigenvalue weighted by Gasteiger charge is 2.35. The number of ether oxygens (including phenoxy) is 1. The van der Waals surface area contributed by atoms with E-state index in [1.807, 2.05) is 30.3 Å². The summed E-state index contributed by atoms with van der Waals surface area (Å²) in [7, 11) is -1.52. The summed E-state index contributed by atoms with van der Waals surface area (Å²) in [6.07, 6.45) is 0.425. The van der Waals surface area contributed by atoms with Crippen molar-refractivity contribution in [1.29, 1.82) is 0 Å². The van der Waals surface area contributed by atoms with Crippen LogP contribution in [0.2, 0.25) is 0 Å². The van der Waals surface area contributed by atoms with Crippen LogP contribution in [-0.4, -0.2) is 56.4 Å². The molecule has 0 spiro atoms. The van der Waals surface area contributed by atoms with Gasteiger partial charge in [-0.15, -0.1) is 0 Å². The summed E-state index contributed by atoms with van der Waals surface area (Å²) in [5.41, 5.74) is -0.0609. The zero-order valence-corrected chi connectivity index (χ0v) is 15.0. The molecule has 1 aliphatic rings. The van der Waals surface area contributed by atoms with Crippen molar-refractivity contribution in [2.24, 2.45) is 0 Å². The second kappa shape index (κ2) is 6.93. The van der Waals surface area contributed by atoms with E-state index in [0.717, 1.165) is 5.56 Å². The summed E-state index contributed by atoms with van der Waals surface area (Å²) in [5, 5.41) is 0. The van der Waals surface area contributed by atoms with Crippen molar-refractivity contribution in [2.75, 3.05) is 25.2 Å². The van der Waals surface area contributed by atoms with Crippen molar-refractivity contribution >= 4 is 21.7 Å². The molecule has 0 radical (unpaired) electrons. The zero-order valence-electron chi connectivity index (χ0n) is 14.2. The largest absolute Gasteiger partial charge is 0.455 e. The molecule has 0 saturated carbocycles. The number of carbonyl (C=O) groups is 2. The number of benzene rings is 1. The molecule has 0 unspecified atom stereocenters. The molecule has 132 valence electrons. The van der Waals surface area contributed by atoms with Gasteiger partial charge >= 0.3 is 5.97 Å². The van der Waals surface area contributed by atoms with E-state index >= 15 is 0 Å². The van der Waals surface area contributed by atoms with Crippen molar-refractivity contribution in [2.45, 2.75) is 31.7 Å². The number of hydrogen-bond acceptors (Lipinski definition) is 5. The van der Waals surface area contributed by atoms with E-state index < -0.39 is 27.1 Å². The molecule has 1 amide bonds. The normalized spacial score (nSPS) is 19.7. The number of esters is 1. The lowest BCUT2D eigenvalue weighted by Gasteiger charge is -2.26. The molecule has 1 fully saturated rings. The highest BCUT2D eigenvalue weighted by atomic mass is 32.2. The number of rotatable bonds is 5. The lowest BCUT2D eigenvalue weighted by atomic mass is 9.85. The van der Waals surface area contributed by atoms with Gasteiger partial charge in [0, 0.05) is 13.1 Å². The standard InChI is InChI=1S/C17H23NO5S/c1-17(2,13-7-5-4-6-8-13)16(20)23-11-15(19)18(3)14-9-10-24(21,22)12-14/h4-8,14H,9-12H2,1-3H3/t14-/m0/s1. The van der Waals surface area contributed by atoms with E-state index in [1.165, 1.54) is 4.90 Å². The van der Waals surface area contributed by atoms with Gasteiger partial charge in [-0.05, 0) is 25.8 Å². The average Bonchev–Trinajstić information content (AvgIpc) is 2.92. The van der Waals surface area contributed by atoms with Crippen molar-refractivity contribution in [3.63, 3.8) is 0 Å². The van der Waals surface area contributed by atoms with Gasteiger partial charge in [-0.25, -0.2) is 8.42 Å². The highest BCUT2D eigenvalue weighted by Crippen LogP contribution is 2.24. The second-order valence-electron chi connectivity index (χ2n) is 6.63. The third-order valence-corrected chi connectivity index (χ3v) is 6.23. The fourth-order valence-electron chi connectivity index (χ4n) is 2.67. The molecule has 0 aromatic heterocycles. The van der Waals surface area contributed by atoms with Crippen LogP contribution in [0.5, 0.6) is 0 Å². The molecule has 6 nitrogen and oxygen atoms in total. The Morgan fingerprint density at radius 1 is 1.25 bits per heavy atom. The first kappa shape index (κ1) is 18.4. The van der Waals surface area contributed by atoms with Gasteiger partial charge in [0.15, 0.2) is 16.4 Å². The highest BCUT2D eigenvalue weighted by molar-refractivity contribution is 7.91. The van der Waals surface area contributed by atoms with Gasteiger partial charge < -0.3 is 9.64 Å². The lowest BCUT2D eigenvalue weighted by Crippen LogP contribution is -2.41. The van der Waals surface area contributed by atoms with Crippen LogP contribution in [0.4, 0.5) is 0 Å². The third kappa shape index (κ3) is 4.14. The topological polar surface area (TPSA) is 80.8 Å². The summed E-state index contributed by atoms with van der Waals surface area (Å²) in [6, 6.07) is 8.85. The number of carbonyl (C=O) groups excluding carboxylic acids is 2. The second-order valence-corrected chi connectivity index (χ2v) is 8.86. The Bertz CT molecular complexity index is 712.